The Morgan fingerprint density at radius 1 is 1.16 bits per heavy atom. The predicted octanol–water partition coefficient (Wildman–Crippen LogP) is 3.37. The van der Waals surface area contributed by atoms with E-state index >= 15 is 0 Å². The average Bonchev–Trinajstić information content (AvgIpc) is 2.70. The van der Waals surface area contributed by atoms with Gasteiger partial charge >= 0.3 is 0 Å². The molecule has 0 aliphatic carbocycles. The van der Waals surface area contributed by atoms with Gasteiger partial charge in [0.25, 0.3) is 0 Å². The van der Waals surface area contributed by atoms with Crippen LogP contribution in [0.25, 0.3) is 0 Å². The zero-order chi connectivity index (χ0) is 22.4. The molecule has 8 heteroatoms. The zero-order valence-corrected chi connectivity index (χ0v) is 20.3. The van der Waals surface area contributed by atoms with Crippen LogP contribution in [0.5, 0.6) is 0 Å². The molecule has 1 amide bonds. The van der Waals surface area contributed by atoms with Crippen LogP contribution in [-0.2, 0) is 20.6 Å². The number of hydrogen-bond donors (Lipinski definition) is 1. The lowest BCUT2D eigenvalue weighted by atomic mass is 9.92. The number of piperidine rings is 2. The number of benzene rings is 1. The van der Waals surface area contributed by atoms with E-state index in [2.05, 4.69) is 24.1 Å². The summed E-state index contributed by atoms with van der Waals surface area (Å²) in [7, 11) is -3.41. The maximum absolute atomic E-state index is 12.7. The van der Waals surface area contributed by atoms with Gasteiger partial charge in [0, 0.05) is 43.7 Å². The monoisotopic (exact) mass is 469 g/mol. The molecular formula is C23H36ClN3O3S. The van der Waals surface area contributed by atoms with Gasteiger partial charge in [-0.2, -0.15) is 0 Å². The fraction of sp³-hybridized carbons (Fsp3) is 0.696. The van der Waals surface area contributed by atoms with E-state index < -0.39 is 10.0 Å². The Bertz CT molecular complexity index is 830. The molecule has 1 aromatic carbocycles. The quantitative estimate of drug-likeness (QED) is 0.592. The normalized spacial score (nSPS) is 24.2. The van der Waals surface area contributed by atoms with Gasteiger partial charge in [-0.25, -0.2) is 12.7 Å². The molecule has 0 spiro atoms. The van der Waals surface area contributed by atoms with Crippen molar-refractivity contribution >= 4 is 27.5 Å². The topological polar surface area (TPSA) is 69.7 Å². The van der Waals surface area contributed by atoms with E-state index in [4.69, 9.17) is 11.6 Å². The average molecular weight is 470 g/mol. The lowest BCUT2D eigenvalue weighted by Crippen LogP contribution is -2.44. The van der Waals surface area contributed by atoms with E-state index in [1.165, 1.54) is 10.7 Å². The highest BCUT2D eigenvalue weighted by atomic mass is 35.5. The summed E-state index contributed by atoms with van der Waals surface area (Å²) in [5, 5.41) is 3.60. The highest BCUT2D eigenvalue weighted by molar-refractivity contribution is 7.88. The molecule has 2 saturated heterocycles. The predicted molar refractivity (Wildman–Crippen MR) is 125 cm³/mol. The van der Waals surface area contributed by atoms with Crippen molar-refractivity contribution in [3.05, 3.63) is 34.9 Å². The molecule has 6 nitrogen and oxygen atoms in total. The second-order valence-corrected chi connectivity index (χ2v) is 11.8. The number of amides is 1. The first kappa shape index (κ1) is 24.5. The molecule has 0 saturated carbocycles. The molecule has 174 valence electrons. The number of carbonyl (C=O) groups is 1. The van der Waals surface area contributed by atoms with Gasteiger partial charge in [0.15, 0.2) is 0 Å². The molecule has 1 aromatic rings. The maximum atomic E-state index is 12.7. The molecule has 2 aliphatic rings. The summed E-state index contributed by atoms with van der Waals surface area (Å²) in [4.78, 5) is 15.0. The Balaban J connectivity index is 1.37. The number of halogens is 1. The molecule has 0 aromatic heterocycles. The van der Waals surface area contributed by atoms with Gasteiger partial charge in [-0.3, -0.25) is 4.79 Å². The van der Waals surface area contributed by atoms with Crippen LogP contribution in [0.1, 0.15) is 45.1 Å². The van der Waals surface area contributed by atoms with Gasteiger partial charge in [-0.05, 0) is 61.8 Å². The fourth-order valence-corrected chi connectivity index (χ4v) is 6.72. The fourth-order valence-electron chi connectivity index (χ4n) is 4.96. The summed E-state index contributed by atoms with van der Waals surface area (Å²) in [5.41, 5.74) is 0.685. The molecule has 2 heterocycles. The highest BCUT2D eigenvalue weighted by Gasteiger charge is 2.31. The Labute approximate surface area is 192 Å². The molecule has 1 N–H and O–H groups in total. The largest absolute Gasteiger partial charge is 0.356 e. The van der Waals surface area contributed by atoms with Crippen LogP contribution >= 0.6 is 11.6 Å². The molecule has 2 aliphatic heterocycles. The van der Waals surface area contributed by atoms with Gasteiger partial charge in [0.05, 0.1) is 5.75 Å². The number of rotatable bonds is 8. The lowest BCUT2D eigenvalue weighted by Gasteiger charge is -2.35. The van der Waals surface area contributed by atoms with Crippen molar-refractivity contribution in [1.82, 2.24) is 14.5 Å². The maximum Gasteiger partial charge on any atom is 0.223 e. The molecule has 0 radical (unpaired) electrons. The molecule has 3 rings (SSSR count). The smallest absolute Gasteiger partial charge is 0.223 e. The van der Waals surface area contributed by atoms with Crippen molar-refractivity contribution in [2.24, 2.45) is 17.8 Å². The number of likely N-dealkylation sites (tertiary alicyclic amines) is 1. The van der Waals surface area contributed by atoms with E-state index in [1.54, 1.807) is 24.3 Å². The third-order valence-electron chi connectivity index (χ3n) is 6.35. The van der Waals surface area contributed by atoms with E-state index in [-0.39, 0.29) is 17.6 Å². The van der Waals surface area contributed by atoms with E-state index in [0.29, 0.717) is 43.1 Å². The van der Waals surface area contributed by atoms with Crippen LogP contribution < -0.4 is 5.32 Å². The minimum absolute atomic E-state index is 0.0574. The minimum atomic E-state index is -3.41. The van der Waals surface area contributed by atoms with Crippen molar-refractivity contribution in [1.29, 1.82) is 0 Å². The molecule has 31 heavy (non-hydrogen) atoms. The summed E-state index contributed by atoms with van der Waals surface area (Å²) in [5.74, 6) is 1.40. The van der Waals surface area contributed by atoms with Crippen LogP contribution in [0.15, 0.2) is 24.3 Å². The number of nitrogens with zero attached hydrogens (tertiary/aromatic N) is 2. The van der Waals surface area contributed by atoms with Crippen LogP contribution in [0.4, 0.5) is 0 Å². The van der Waals surface area contributed by atoms with E-state index in [0.717, 1.165) is 37.9 Å². The highest BCUT2D eigenvalue weighted by Crippen LogP contribution is 2.23. The van der Waals surface area contributed by atoms with Crippen LogP contribution in [0.2, 0.25) is 5.02 Å². The standard InChI is InChI=1S/C23H36ClN3O3S/c1-18-13-19(2)16-26(15-18)10-4-9-25-23(28)21-7-11-27(12-8-21)31(29,30)17-20-5-3-6-22(24)14-20/h3,5-6,14,18-19,21H,4,7-13,15-17H2,1-2H3,(H,25,28)/t18-,19-/m1/s1. The molecular weight excluding hydrogens is 434 g/mol. The van der Waals surface area contributed by atoms with Gasteiger partial charge < -0.3 is 10.2 Å². The first-order chi connectivity index (χ1) is 14.7. The summed E-state index contributed by atoms with van der Waals surface area (Å²) in [6.07, 6.45) is 3.41. The van der Waals surface area contributed by atoms with Crippen LogP contribution in [-0.4, -0.2) is 62.8 Å². The molecule has 2 atom stereocenters. The summed E-state index contributed by atoms with van der Waals surface area (Å²) < 4.78 is 27.0. The van der Waals surface area contributed by atoms with E-state index in [1.807, 2.05) is 0 Å². The third kappa shape index (κ3) is 7.45. The van der Waals surface area contributed by atoms with Crippen molar-refractivity contribution in [3.63, 3.8) is 0 Å². The summed E-state index contributed by atoms with van der Waals surface area (Å²) in [6.45, 7) is 9.43. The number of carbonyl (C=O) groups excluding carboxylic acids is 1. The van der Waals surface area contributed by atoms with Gasteiger partial charge in [0.2, 0.25) is 15.9 Å². The second kappa shape index (κ2) is 11.1. The number of hydrogen-bond acceptors (Lipinski definition) is 4. The molecule has 0 unspecified atom stereocenters. The Kier molecular flexibility index (Phi) is 8.79. The van der Waals surface area contributed by atoms with Gasteiger partial charge in [-0.15, -0.1) is 0 Å². The summed E-state index contributed by atoms with van der Waals surface area (Å²) in [6, 6.07) is 6.95. The molecule has 0 bridgehead atoms. The Hall–Kier alpha value is -1.15. The third-order valence-corrected chi connectivity index (χ3v) is 8.44. The van der Waals surface area contributed by atoms with Crippen molar-refractivity contribution in [2.45, 2.75) is 45.3 Å². The number of sulfonamides is 1. The van der Waals surface area contributed by atoms with Gasteiger partial charge in [-0.1, -0.05) is 37.6 Å². The van der Waals surface area contributed by atoms with Crippen LogP contribution in [0, 0.1) is 17.8 Å². The first-order valence-corrected chi connectivity index (χ1v) is 13.4. The lowest BCUT2D eigenvalue weighted by molar-refractivity contribution is -0.126. The SMILES string of the molecule is C[C@@H]1C[C@@H](C)CN(CCCNC(=O)C2CCN(S(=O)(=O)Cc3cccc(Cl)c3)CC2)C1. The zero-order valence-electron chi connectivity index (χ0n) is 18.7. The van der Waals surface area contributed by atoms with Crippen LogP contribution in [0.3, 0.4) is 0 Å². The summed E-state index contributed by atoms with van der Waals surface area (Å²) >= 11 is 5.97. The second-order valence-electron chi connectivity index (χ2n) is 9.41. The minimum Gasteiger partial charge on any atom is -0.356 e. The number of nitrogens with one attached hydrogen (secondary N) is 1. The molecule has 2 fully saturated rings. The van der Waals surface area contributed by atoms with Crippen molar-refractivity contribution < 1.29 is 13.2 Å². The Morgan fingerprint density at radius 3 is 2.48 bits per heavy atom. The van der Waals surface area contributed by atoms with Gasteiger partial charge in [0.1, 0.15) is 0 Å². The van der Waals surface area contributed by atoms with E-state index in [9.17, 15) is 13.2 Å². The first-order valence-electron chi connectivity index (χ1n) is 11.5. The Morgan fingerprint density at radius 2 is 1.84 bits per heavy atom. The van der Waals surface area contributed by atoms with Crippen molar-refractivity contribution in [2.75, 3.05) is 39.3 Å². The van der Waals surface area contributed by atoms with Crippen molar-refractivity contribution in [3.8, 4) is 0 Å².